The van der Waals surface area contributed by atoms with Crippen molar-refractivity contribution in [3.8, 4) is 0 Å². The van der Waals surface area contributed by atoms with Crippen molar-refractivity contribution in [1.29, 1.82) is 0 Å². The highest BCUT2D eigenvalue weighted by atomic mass is 79.9. The molecule has 1 aliphatic rings. The van der Waals surface area contributed by atoms with E-state index in [0.29, 0.717) is 12.6 Å². The van der Waals surface area contributed by atoms with Crippen LogP contribution in [0.25, 0.3) is 0 Å². The van der Waals surface area contributed by atoms with Gasteiger partial charge < -0.3 is 15.1 Å². The molecule has 0 bridgehead atoms. The number of hydrogen-bond acceptors (Lipinski definition) is 3. The largest absolute Gasteiger partial charge is 0.395 e. The summed E-state index contributed by atoms with van der Waals surface area (Å²) in [7, 11) is 0. The minimum atomic E-state index is -0.453. The highest BCUT2D eigenvalue weighted by Crippen LogP contribution is 2.35. The molecule has 2 rings (SSSR count). The maximum absolute atomic E-state index is 9.57. The van der Waals surface area contributed by atoms with Crippen LogP contribution in [0.15, 0.2) is 22.7 Å². The summed E-state index contributed by atoms with van der Waals surface area (Å²) in [5, 5.41) is 18.8. The molecule has 0 unspecified atom stereocenters. The van der Waals surface area contributed by atoms with E-state index in [0.717, 1.165) is 15.7 Å². The van der Waals surface area contributed by atoms with Crippen LogP contribution >= 0.6 is 15.9 Å². The van der Waals surface area contributed by atoms with Crippen molar-refractivity contribution in [1.82, 2.24) is 0 Å². The molecule has 1 aromatic rings. The van der Waals surface area contributed by atoms with Crippen LogP contribution in [0, 0.1) is 0 Å². The Morgan fingerprint density at radius 3 is 2.61 bits per heavy atom. The molecule has 0 radical (unpaired) electrons. The van der Waals surface area contributed by atoms with Gasteiger partial charge >= 0.3 is 0 Å². The molecular formula is C14H20BrNO2. The lowest BCUT2D eigenvalue weighted by Gasteiger charge is -2.39. The summed E-state index contributed by atoms with van der Waals surface area (Å²) in [6.45, 7) is 2.59. The Morgan fingerprint density at radius 2 is 2.17 bits per heavy atom. The number of hydrogen-bond donors (Lipinski definition) is 2. The molecule has 1 aliphatic carbocycles. The van der Waals surface area contributed by atoms with Crippen LogP contribution in [-0.2, 0) is 0 Å². The van der Waals surface area contributed by atoms with Crippen LogP contribution in [-0.4, -0.2) is 29.4 Å². The molecule has 100 valence electrons. The highest BCUT2D eigenvalue weighted by Gasteiger charge is 2.26. The molecule has 1 atom stereocenters. The second kappa shape index (κ2) is 6.04. The number of rotatable bonds is 5. The maximum Gasteiger partial charge on any atom is 0.0762 e. The van der Waals surface area contributed by atoms with Gasteiger partial charge in [-0.25, -0.2) is 0 Å². The lowest BCUT2D eigenvalue weighted by atomic mass is 9.91. The average Bonchev–Trinajstić information content (AvgIpc) is 2.26. The number of halogens is 1. The van der Waals surface area contributed by atoms with E-state index < -0.39 is 6.10 Å². The number of benzene rings is 1. The van der Waals surface area contributed by atoms with E-state index in [1.165, 1.54) is 19.3 Å². The topological polar surface area (TPSA) is 43.7 Å². The fraction of sp³-hybridized carbons (Fsp3) is 0.571. The van der Waals surface area contributed by atoms with Gasteiger partial charge in [0.05, 0.1) is 18.4 Å². The number of anilines is 1. The van der Waals surface area contributed by atoms with Crippen LogP contribution in [0.4, 0.5) is 5.69 Å². The smallest absolute Gasteiger partial charge is 0.0762 e. The lowest BCUT2D eigenvalue weighted by Crippen LogP contribution is -2.42. The van der Waals surface area contributed by atoms with Gasteiger partial charge in [-0.05, 0) is 59.8 Å². The molecule has 0 amide bonds. The molecular weight excluding hydrogens is 294 g/mol. The Bertz CT molecular complexity index is 405. The van der Waals surface area contributed by atoms with E-state index in [2.05, 4.69) is 20.8 Å². The zero-order valence-corrected chi connectivity index (χ0v) is 12.2. The first-order valence-electron chi connectivity index (χ1n) is 6.48. The summed E-state index contributed by atoms with van der Waals surface area (Å²) < 4.78 is 0.987. The second-order valence-electron chi connectivity index (χ2n) is 4.89. The third-order valence-corrected chi connectivity index (χ3v) is 4.26. The van der Waals surface area contributed by atoms with Gasteiger partial charge in [0.15, 0.2) is 0 Å². The van der Waals surface area contributed by atoms with Crippen molar-refractivity contribution in [3.05, 3.63) is 28.2 Å². The minimum Gasteiger partial charge on any atom is -0.395 e. The van der Waals surface area contributed by atoms with Gasteiger partial charge in [-0.1, -0.05) is 6.07 Å². The Labute approximate surface area is 117 Å². The van der Waals surface area contributed by atoms with Crippen molar-refractivity contribution in [2.75, 3.05) is 18.1 Å². The van der Waals surface area contributed by atoms with Crippen LogP contribution in [0.1, 0.15) is 37.9 Å². The summed E-state index contributed by atoms with van der Waals surface area (Å²) in [5.41, 5.74) is 2.02. The van der Waals surface area contributed by atoms with Gasteiger partial charge in [0.2, 0.25) is 0 Å². The second-order valence-corrected chi connectivity index (χ2v) is 5.74. The predicted octanol–water partition coefficient (Wildman–Crippen LogP) is 2.85. The van der Waals surface area contributed by atoms with Crippen LogP contribution < -0.4 is 4.90 Å². The van der Waals surface area contributed by atoms with Crippen LogP contribution in [0.5, 0.6) is 0 Å². The van der Waals surface area contributed by atoms with Gasteiger partial charge in [-0.3, -0.25) is 0 Å². The molecule has 18 heavy (non-hydrogen) atoms. The molecule has 0 spiro atoms. The molecule has 4 heteroatoms. The molecule has 1 saturated carbocycles. The summed E-state index contributed by atoms with van der Waals surface area (Å²) in [4.78, 5) is 2.26. The monoisotopic (exact) mass is 313 g/mol. The van der Waals surface area contributed by atoms with E-state index in [1.807, 2.05) is 18.2 Å². The zero-order chi connectivity index (χ0) is 13.1. The fourth-order valence-electron chi connectivity index (χ4n) is 2.32. The summed E-state index contributed by atoms with van der Waals surface area (Å²) >= 11 is 3.57. The van der Waals surface area contributed by atoms with Crippen LogP contribution in [0.3, 0.4) is 0 Å². The molecule has 0 aromatic heterocycles. The standard InChI is InChI=1S/C14H20BrNO2/c1-10(18)11-5-6-14(13(15)9-11)16(7-8-17)12-3-2-4-12/h5-6,9-10,12,17-18H,2-4,7-8H2,1H3/t10-/m0/s1. The number of nitrogens with zero attached hydrogens (tertiary/aromatic N) is 1. The third-order valence-electron chi connectivity index (χ3n) is 3.62. The Morgan fingerprint density at radius 1 is 1.44 bits per heavy atom. The first kappa shape index (κ1) is 13.8. The zero-order valence-electron chi connectivity index (χ0n) is 10.6. The summed E-state index contributed by atoms with van der Waals surface area (Å²) in [6.07, 6.45) is 3.22. The van der Waals surface area contributed by atoms with Crippen molar-refractivity contribution >= 4 is 21.6 Å². The fourth-order valence-corrected chi connectivity index (χ4v) is 2.95. The van der Waals surface area contributed by atoms with Gasteiger partial charge in [0.25, 0.3) is 0 Å². The molecule has 1 aromatic carbocycles. The van der Waals surface area contributed by atoms with Crippen molar-refractivity contribution < 1.29 is 10.2 Å². The third kappa shape index (κ3) is 2.87. The predicted molar refractivity (Wildman–Crippen MR) is 76.8 cm³/mol. The molecule has 1 fully saturated rings. The Kier molecular flexibility index (Phi) is 4.65. The Hall–Kier alpha value is -0.580. The molecule has 0 saturated heterocycles. The molecule has 3 nitrogen and oxygen atoms in total. The van der Waals surface area contributed by atoms with E-state index in [-0.39, 0.29) is 6.61 Å². The lowest BCUT2D eigenvalue weighted by molar-refractivity contribution is 0.199. The van der Waals surface area contributed by atoms with Gasteiger partial charge in [-0.15, -0.1) is 0 Å². The normalized spacial score (nSPS) is 17.3. The van der Waals surface area contributed by atoms with E-state index in [9.17, 15) is 10.2 Å². The molecule has 0 aliphatic heterocycles. The van der Waals surface area contributed by atoms with Crippen molar-refractivity contribution in [2.45, 2.75) is 38.3 Å². The summed E-state index contributed by atoms with van der Waals surface area (Å²) in [5.74, 6) is 0. The van der Waals surface area contributed by atoms with Gasteiger partial charge in [0, 0.05) is 17.1 Å². The van der Waals surface area contributed by atoms with Gasteiger partial charge in [-0.2, -0.15) is 0 Å². The minimum absolute atomic E-state index is 0.168. The quantitative estimate of drug-likeness (QED) is 0.878. The van der Waals surface area contributed by atoms with E-state index >= 15 is 0 Å². The van der Waals surface area contributed by atoms with Crippen molar-refractivity contribution in [3.63, 3.8) is 0 Å². The van der Waals surface area contributed by atoms with Crippen LogP contribution in [0.2, 0.25) is 0 Å². The Balaban J connectivity index is 2.23. The molecule has 2 N–H and O–H groups in total. The summed E-state index contributed by atoms with van der Waals surface area (Å²) in [6, 6.07) is 6.49. The first-order valence-corrected chi connectivity index (χ1v) is 7.27. The molecule has 0 heterocycles. The number of aliphatic hydroxyl groups excluding tert-OH is 2. The van der Waals surface area contributed by atoms with Crippen molar-refractivity contribution in [2.24, 2.45) is 0 Å². The van der Waals surface area contributed by atoms with E-state index in [4.69, 9.17) is 0 Å². The number of aliphatic hydroxyl groups is 2. The maximum atomic E-state index is 9.57. The van der Waals surface area contributed by atoms with Gasteiger partial charge in [0.1, 0.15) is 0 Å². The SMILES string of the molecule is C[C@H](O)c1ccc(N(CCO)C2CCC2)c(Br)c1. The van der Waals surface area contributed by atoms with E-state index in [1.54, 1.807) is 6.92 Å². The average molecular weight is 314 g/mol. The first-order chi connectivity index (χ1) is 8.63. The highest BCUT2D eigenvalue weighted by molar-refractivity contribution is 9.10.